The number of nitrogens with zero attached hydrogens (tertiary/aromatic N) is 1. The van der Waals surface area contributed by atoms with Crippen LogP contribution in [0.5, 0.6) is 0 Å². The lowest BCUT2D eigenvalue weighted by Gasteiger charge is -2.36. The Morgan fingerprint density at radius 3 is 2.07 bits per heavy atom. The van der Waals surface area contributed by atoms with Gasteiger partial charge in [-0.25, -0.2) is 0 Å². The van der Waals surface area contributed by atoms with E-state index in [1.165, 1.54) is 19.3 Å². The first-order valence-corrected chi connectivity index (χ1v) is 5.93. The van der Waals surface area contributed by atoms with Crippen LogP contribution in [-0.2, 0) is 4.79 Å². The van der Waals surface area contributed by atoms with Crippen LogP contribution in [0.3, 0.4) is 0 Å². The Balaban J connectivity index is 2.64. The molecule has 0 aromatic rings. The van der Waals surface area contributed by atoms with Gasteiger partial charge in [-0.2, -0.15) is 0 Å². The summed E-state index contributed by atoms with van der Waals surface area (Å²) in [4.78, 5) is 14.2. The molecule has 1 amide bonds. The summed E-state index contributed by atoms with van der Waals surface area (Å²) in [5, 5.41) is 0. The minimum Gasteiger partial charge on any atom is -0.343 e. The number of amides is 1. The smallest absolute Gasteiger partial charge is 0.228 e. The number of carbonyl (C=O) groups is 1. The lowest BCUT2D eigenvalue weighted by atomic mass is 9.74. The van der Waals surface area contributed by atoms with Gasteiger partial charge in [0, 0.05) is 18.5 Å². The van der Waals surface area contributed by atoms with Crippen LogP contribution in [0.1, 0.15) is 52.9 Å². The van der Waals surface area contributed by atoms with E-state index >= 15 is 0 Å². The Labute approximate surface area is 87.7 Å². The predicted octanol–water partition coefficient (Wildman–Crippen LogP) is 2.83. The molecule has 0 saturated heterocycles. The van der Waals surface area contributed by atoms with Gasteiger partial charge in [0.05, 0.1) is 0 Å². The molecule has 0 unspecified atom stereocenters. The van der Waals surface area contributed by atoms with E-state index in [0.717, 1.165) is 25.9 Å². The zero-order chi connectivity index (χ0) is 10.6. The van der Waals surface area contributed by atoms with Gasteiger partial charge in [-0.3, -0.25) is 4.79 Å². The average molecular weight is 197 g/mol. The fourth-order valence-corrected chi connectivity index (χ4v) is 2.44. The van der Waals surface area contributed by atoms with Crippen LogP contribution in [0.15, 0.2) is 0 Å². The van der Waals surface area contributed by atoms with Crippen LogP contribution in [0.25, 0.3) is 0 Å². The number of carbonyl (C=O) groups excluding carboxylic acids is 1. The van der Waals surface area contributed by atoms with Crippen LogP contribution in [-0.4, -0.2) is 23.9 Å². The van der Waals surface area contributed by atoms with Gasteiger partial charge < -0.3 is 4.90 Å². The number of hydrogen-bond acceptors (Lipinski definition) is 1. The highest BCUT2D eigenvalue weighted by molar-refractivity contribution is 5.82. The van der Waals surface area contributed by atoms with E-state index in [1.54, 1.807) is 0 Å². The highest BCUT2D eigenvalue weighted by Gasteiger charge is 2.36. The Hall–Kier alpha value is -0.530. The van der Waals surface area contributed by atoms with E-state index < -0.39 is 0 Å². The van der Waals surface area contributed by atoms with Crippen LogP contribution < -0.4 is 0 Å². The van der Waals surface area contributed by atoms with Crippen molar-refractivity contribution < 1.29 is 4.79 Å². The molecule has 2 heteroatoms. The molecule has 0 spiro atoms. The van der Waals surface area contributed by atoms with Gasteiger partial charge in [0.1, 0.15) is 0 Å². The maximum Gasteiger partial charge on any atom is 0.228 e. The molecule has 82 valence electrons. The normalized spacial score (nSPS) is 20.5. The first-order valence-electron chi connectivity index (χ1n) is 5.93. The van der Waals surface area contributed by atoms with Crippen molar-refractivity contribution in [3.05, 3.63) is 0 Å². The molecule has 0 aliphatic heterocycles. The van der Waals surface area contributed by atoms with E-state index in [1.807, 2.05) is 4.90 Å². The first kappa shape index (κ1) is 11.5. The highest BCUT2D eigenvalue weighted by Crippen LogP contribution is 2.37. The van der Waals surface area contributed by atoms with E-state index in [0.29, 0.717) is 5.91 Å². The molecule has 0 aromatic carbocycles. The summed E-state index contributed by atoms with van der Waals surface area (Å²) < 4.78 is 0. The van der Waals surface area contributed by atoms with Gasteiger partial charge in [0.25, 0.3) is 0 Å². The van der Waals surface area contributed by atoms with Crippen LogP contribution in [0.4, 0.5) is 0 Å². The number of rotatable bonds is 3. The van der Waals surface area contributed by atoms with Gasteiger partial charge in [0.15, 0.2) is 0 Å². The molecule has 0 radical (unpaired) electrons. The van der Waals surface area contributed by atoms with Crippen molar-refractivity contribution in [2.75, 3.05) is 13.1 Å². The van der Waals surface area contributed by atoms with Crippen molar-refractivity contribution >= 4 is 5.91 Å². The maximum absolute atomic E-state index is 12.2. The van der Waals surface area contributed by atoms with E-state index in [2.05, 4.69) is 20.8 Å². The lowest BCUT2D eigenvalue weighted by molar-refractivity contribution is -0.142. The summed E-state index contributed by atoms with van der Waals surface area (Å²) >= 11 is 0. The second-order valence-corrected chi connectivity index (χ2v) is 4.60. The molecule has 2 nitrogen and oxygen atoms in total. The summed E-state index contributed by atoms with van der Waals surface area (Å²) in [6.45, 7) is 7.98. The molecule has 1 aliphatic carbocycles. The monoisotopic (exact) mass is 197 g/mol. The third-order valence-electron chi connectivity index (χ3n) is 3.52. The summed E-state index contributed by atoms with van der Waals surface area (Å²) in [7, 11) is 0. The molecule has 0 N–H and O–H groups in total. The van der Waals surface area contributed by atoms with Crippen molar-refractivity contribution in [3.8, 4) is 0 Å². The third-order valence-corrected chi connectivity index (χ3v) is 3.52. The van der Waals surface area contributed by atoms with Crippen molar-refractivity contribution in [2.24, 2.45) is 5.41 Å². The van der Waals surface area contributed by atoms with E-state index in [-0.39, 0.29) is 5.41 Å². The first-order chi connectivity index (χ1) is 6.64. The molecular weight excluding hydrogens is 174 g/mol. The Morgan fingerprint density at radius 2 is 1.64 bits per heavy atom. The topological polar surface area (TPSA) is 20.3 Å². The van der Waals surface area contributed by atoms with Crippen molar-refractivity contribution in [1.29, 1.82) is 0 Å². The molecular formula is C12H23NO. The molecule has 1 saturated carbocycles. The zero-order valence-corrected chi connectivity index (χ0v) is 9.81. The van der Waals surface area contributed by atoms with Crippen molar-refractivity contribution in [1.82, 2.24) is 4.90 Å². The Bertz CT molecular complexity index is 190. The van der Waals surface area contributed by atoms with Gasteiger partial charge in [-0.1, -0.05) is 26.2 Å². The van der Waals surface area contributed by atoms with Crippen LogP contribution in [0, 0.1) is 5.41 Å². The summed E-state index contributed by atoms with van der Waals surface area (Å²) in [6, 6.07) is 0. The summed E-state index contributed by atoms with van der Waals surface area (Å²) in [5.41, 5.74) is -0.0513. The molecule has 1 aliphatic rings. The minimum atomic E-state index is -0.0513. The molecule has 0 aromatic heterocycles. The van der Waals surface area contributed by atoms with Gasteiger partial charge >= 0.3 is 0 Å². The summed E-state index contributed by atoms with van der Waals surface area (Å²) in [6.07, 6.45) is 5.93. The van der Waals surface area contributed by atoms with Crippen molar-refractivity contribution in [3.63, 3.8) is 0 Å². The molecule has 14 heavy (non-hydrogen) atoms. The minimum absolute atomic E-state index is 0.0513. The molecule has 0 bridgehead atoms. The van der Waals surface area contributed by atoms with Gasteiger partial charge in [-0.15, -0.1) is 0 Å². The van der Waals surface area contributed by atoms with E-state index in [9.17, 15) is 4.79 Å². The Morgan fingerprint density at radius 1 is 1.14 bits per heavy atom. The lowest BCUT2D eigenvalue weighted by Crippen LogP contribution is -2.43. The van der Waals surface area contributed by atoms with Gasteiger partial charge in [0.2, 0.25) is 5.91 Å². The zero-order valence-electron chi connectivity index (χ0n) is 9.81. The second kappa shape index (κ2) is 4.81. The highest BCUT2D eigenvalue weighted by atomic mass is 16.2. The fourth-order valence-electron chi connectivity index (χ4n) is 2.44. The maximum atomic E-state index is 12.2. The van der Waals surface area contributed by atoms with E-state index in [4.69, 9.17) is 0 Å². The van der Waals surface area contributed by atoms with Crippen LogP contribution >= 0.6 is 0 Å². The average Bonchev–Trinajstić information content (AvgIpc) is 2.20. The molecule has 1 fully saturated rings. The quantitative estimate of drug-likeness (QED) is 0.681. The van der Waals surface area contributed by atoms with Gasteiger partial charge in [-0.05, 0) is 26.7 Å². The fraction of sp³-hybridized carbons (Fsp3) is 0.917. The predicted molar refractivity (Wildman–Crippen MR) is 59.1 cm³/mol. The summed E-state index contributed by atoms with van der Waals surface area (Å²) in [5.74, 6) is 0.377. The molecule has 1 rings (SSSR count). The molecule has 0 atom stereocenters. The SMILES string of the molecule is CCN(CC)C(=O)C1(C)CCCCC1. The standard InChI is InChI=1S/C12H23NO/c1-4-13(5-2)11(14)12(3)9-7-6-8-10-12/h4-10H2,1-3H3. The third kappa shape index (κ3) is 2.28. The second-order valence-electron chi connectivity index (χ2n) is 4.60. The molecule has 0 heterocycles. The largest absolute Gasteiger partial charge is 0.343 e. The van der Waals surface area contributed by atoms with Crippen molar-refractivity contribution in [2.45, 2.75) is 52.9 Å². The van der Waals surface area contributed by atoms with Crippen LogP contribution in [0.2, 0.25) is 0 Å². The Kier molecular flexibility index (Phi) is 3.97. The number of hydrogen-bond donors (Lipinski definition) is 0.